The van der Waals surface area contributed by atoms with E-state index in [2.05, 4.69) is 22.6 Å². The summed E-state index contributed by atoms with van der Waals surface area (Å²) in [4.78, 5) is 0.817. The molecule has 0 aliphatic heterocycles. The number of aliphatic hydroxyl groups is 1. The Labute approximate surface area is 123 Å². The summed E-state index contributed by atoms with van der Waals surface area (Å²) in [5.74, 6) is 0.714. The van der Waals surface area contributed by atoms with Crippen LogP contribution in [-0.4, -0.2) is 21.8 Å². The second-order valence-corrected chi connectivity index (χ2v) is 5.72. The standard InChI is InChI=1S/C15H20N2O2S/c1-5-6-11-15(20-17-16-11)14(18)13-10(3)7-9(2)8-12(13)19-4/h7-8,14,18H,5-6H2,1-4H3. The van der Waals surface area contributed by atoms with Crippen molar-refractivity contribution in [3.05, 3.63) is 39.4 Å². The average Bonchev–Trinajstić information content (AvgIpc) is 2.85. The number of aryl methyl sites for hydroxylation is 3. The zero-order valence-corrected chi connectivity index (χ0v) is 13.1. The zero-order chi connectivity index (χ0) is 14.7. The second kappa shape index (κ2) is 6.33. The molecule has 1 aromatic carbocycles. The van der Waals surface area contributed by atoms with Crippen LogP contribution in [0.15, 0.2) is 12.1 Å². The first-order valence-corrected chi connectivity index (χ1v) is 7.50. The minimum Gasteiger partial charge on any atom is -0.496 e. The number of methoxy groups -OCH3 is 1. The molecule has 0 saturated heterocycles. The number of ether oxygens (including phenoxy) is 1. The van der Waals surface area contributed by atoms with Crippen molar-refractivity contribution in [2.24, 2.45) is 0 Å². The molecule has 0 aliphatic rings. The van der Waals surface area contributed by atoms with Gasteiger partial charge < -0.3 is 9.84 Å². The van der Waals surface area contributed by atoms with E-state index in [1.165, 1.54) is 11.5 Å². The lowest BCUT2D eigenvalue weighted by molar-refractivity contribution is 0.216. The van der Waals surface area contributed by atoms with Crippen molar-refractivity contribution in [3.8, 4) is 5.75 Å². The highest BCUT2D eigenvalue weighted by Crippen LogP contribution is 2.36. The smallest absolute Gasteiger partial charge is 0.125 e. The van der Waals surface area contributed by atoms with Crippen LogP contribution in [0.2, 0.25) is 0 Å². The van der Waals surface area contributed by atoms with Gasteiger partial charge in [0.2, 0.25) is 0 Å². The molecule has 2 rings (SSSR count). The first-order chi connectivity index (χ1) is 9.58. The van der Waals surface area contributed by atoms with Gasteiger partial charge in [-0.05, 0) is 49.0 Å². The van der Waals surface area contributed by atoms with Crippen molar-refractivity contribution in [3.63, 3.8) is 0 Å². The van der Waals surface area contributed by atoms with E-state index in [4.69, 9.17) is 4.74 Å². The molecule has 0 aliphatic carbocycles. The van der Waals surface area contributed by atoms with Crippen molar-refractivity contribution >= 4 is 11.5 Å². The van der Waals surface area contributed by atoms with Gasteiger partial charge in [-0.1, -0.05) is 23.9 Å². The van der Waals surface area contributed by atoms with Gasteiger partial charge >= 0.3 is 0 Å². The van der Waals surface area contributed by atoms with Gasteiger partial charge in [0.1, 0.15) is 11.9 Å². The quantitative estimate of drug-likeness (QED) is 0.919. The van der Waals surface area contributed by atoms with Crippen LogP contribution in [0, 0.1) is 13.8 Å². The van der Waals surface area contributed by atoms with E-state index in [1.54, 1.807) is 7.11 Å². The molecule has 0 amide bonds. The molecule has 0 fully saturated rings. The van der Waals surface area contributed by atoms with Crippen LogP contribution in [0.4, 0.5) is 0 Å². The van der Waals surface area contributed by atoms with Gasteiger partial charge in [-0.25, -0.2) is 0 Å². The lowest BCUT2D eigenvalue weighted by Gasteiger charge is -2.17. The third-order valence-corrected chi connectivity index (χ3v) is 4.13. The van der Waals surface area contributed by atoms with Gasteiger partial charge in [0.25, 0.3) is 0 Å². The average molecular weight is 292 g/mol. The summed E-state index contributed by atoms with van der Waals surface area (Å²) >= 11 is 1.26. The third kappa shape index (κ3) is 2.83. The highest BCUT2D eigenvalue weighted by Gasteiger charge is 2.23. The van der Waals surface area contributed by atoms with Gasteiger partial charge in [0, 0.05) is 5.56 Å². The molecule has 0 radical (unpaired) electrons. The molecule has 1 N–H and O–H groups in total. The van der Waals surface area contributed by atoms with Crippen LogP contribution in [0.5, 0.6) is 5.75 Å². The maximum absolute atomic E-state index is 10.7. The summed E-state index contributed by atoms with van der Waals surface area (Å²) in [5, 5.41) is 14.8. The maximum Gasteiger partial charge on any atom is 0.125 e. The fourth-order valence-corrected chi connectivity index (χ4v) is 3.12. The number of aliphatic hydroxyl groups excluding tert-OH is 1. The van der Waals surface area contributed by atoms with E-state index in [1.807, 2.05) is 19.9 Å². The molecule has 0 spiro atoms. The molecule has 1 atom stereocenters. The molecule has 1 unspecified atom stereocenters. The van der Waals surface area contributed by atoms with Gasteiger partial charge in [-0.15, -0.1) is 5.10 Å². The lowest BCUT2D eigenvalue weighted by atomic mass is 9.97. The van der Waals surface area contributed by atoms with Crippen molar-refractivity contribution in [2.45, 2.75) is 39.7 Å². The minimum atomic E-state index is -0.730. The van der Waals surface area contributed by atoms with Crippen LogP contribution in [0.1, 0.15) is 46.7 Å². The Morgan fingerprint density at radius 3 is 2.75 bits per heavy atom. The molecule has 1 aromatic heterocycles. The Hall–Kier alpha value is -1.46. The monoisotopic (exact) mass is 292 g/mol. The molecule has 0 bridgehead atoms. The largest absolute Gasteiger partial charge is 0.496 e. The van der Waals surface area contributed by atoms with E-state index in [9.17, 15) is 5.11 Å². The Morgan fingerprint density at radius 2 is 2.10 bits per heavy atom. The number of rotatable bonds is 5. The van der Waals surface area contributed by atoms with E-state index in [-0.39, 0.29) is 0 Å². The number of hydrogen-bond donors (Lipinski definition) is 1. The predicted octanol–water partition coefficient (Wildman–Crippen LogP) is 3.20. The molecule has 5 heteroatoms. The van der Waals surface area contributed by atoms with Crippen molar-refractivity contribution in [1.29, 1.82) is 0 Å². The molecule has 108 valence electrons. The number of nitrogens with zero attached hydrogens (tertiary/aromatic N) is 2. The first-order valence-electron chi connectivity index (χ1n) is 6.72. The third-order valence-electron chi connectivity index (χ3n) is 3.31. The highest BCUT2D eigenvalue weighted by molar-refractivity contribution is 7.05. The van der Waals surface area contributed by atoms with Crippen LogP contribution in [0.3, 0.4) is 0 Å². The van der Waals surface area contributed by atoms with Crippen LogP contribution in [-0.2, 0) is 6.42 Å². The van der Waals surface area contributed by atoms with Crippen molar-refractivity contribution in [1.82, 2.24) is 9.59 Å². The topological polar surface area (TPSA) is 55.2 Å². The number of aromatic nitrogens is 2. The molecule has 0 saturated carbocycles. The van der Waals surface area contributed by atoms with E-state index in [0.29, 0.717) is 5.75 Å². The second-order valence-electron chi connectivity index (χ2n) is 4.93. The summed E-state index contributed by atoms with van der Waals surface area (Å²) in [7, 11) is 1.63. The first kappa shape index (κ1) is 14.9. The summed E-state index contributed by atoms with van der Waals surface area (Å²) in [5.41, 5.74) is 3.82. The molecular weight excluding hydrogens is 272 g/mol. The summed E-state index contributed by atoms with van der Waals surface area (Å²) < 4.78 is 9.41. The van der Waals surface area contributed by atoms with Crippen LogP contribution >= 0.6 is 11.5 Å². The maximum atomic E-state index is 10.7. The molecule has 1 heterocycles. The SMILES string of the molecule is CCCc1nnsc1C(O)c1c(C)cc(C)cc1OC. The summed E-state index contributed by atoms with van der Waals surface area (Å²) in [6.45, 7) is 6.09. The fraction of sp³-hybridized carbons (Fsp3) is 0.467. The van der Waals surface area contributed by atoms with Crippen molar-refractivity contribution < 1.29 is 9.84 Å². The Bertz CT molecular complexity index is 596. The molecule has 4 nitrogen and oxygen atoms in total. The molecular formula is C15H20N2O2S. The van der Waals surface area contributed by atoms with Gasteiger partial charge in [-0.3, -0.25) is 0 Å². The summed E-state index contributed by atoms with van der Waals surface area (Å²) in [6.07, 6.45) is 1.08. The summed E-state index contributed by atoms with van der Waals surface area (Å²) in [6, 6.07) is 3.99. The Kier molecular flexibility index (Phi) is 4.73. The molecule has 2 aromatic rings. The van der Waals surface area contributed by atoms with Gasteiger partial charge in [-0.2, -0.15) is 0 Å². The minimum absolute atomic E-state index is 0.714. The number of benzene rings is 1. The van der Waals surface area contributed by atoms with Crippen LogP contribution in [0.25, 0.3) is 0 Å². The van der Waals surface area contributed by atoms with Crippen molar-refractivity contribution in [2.75, 3.05) is 7.11 Å². The van der Waals surface area contributed by atoms with Crippen LogP contribution < -0.4 is 4.74 Å². The predicted molar refractivity (Wildman–Crippen MR) is 80.4 cm³/mol. The Morgan fingerprint density at radius 1 is 1.35 bits per heavy atom. The van der Waals surface area contributed by atoms with E-state index in [0.717, 1.165) is 40.1 Å². The van der Waals surface area contributed by atoms with Gasteiger partial charge in [0.05, 0.1) is 17.7 Å². The lowest BCUT2D eigenvalue weighted by Crippen LogP contribution is -2.06. The Balaban J connectivity index is 2.47. The normalized spacial score (nSPS) is 12.4. The van der Waals surface area contributed by atoms with Gasteiger partial charge in [0.15, 0.2) is 0 Å². The van der Waals surface area contributed by atoms with E-state index >= 15 is 0 Å². The zero-order valence-electron chi connectivity index (χ0n) is 12.3. The molecule has 20 heavy (non-hydrogen) atoms. The van der Waals surface area contributed by atoms with E-state index < -0.39 is 6.10 Å². The number of hydrogen-bond acceptors (Lipinski definition) is 5. The fourth-order valence-electron chi connectivity index (χ4n) is 2.42. The highest BCUT2D eigenvalue weighted by atomic mass is 32.1.